The first kappa shape index (κ1) is 13.2. The van der Waals surface area contributed by atoms with Crippen molar-refractivity contribution in [2.45, 2.75) is 6.42 Å². The van der Waals surface area contributed by atoms with E-state index in [1.54, 1.807) is 14.1 Å². The van der Waals surface area contributed by atoms with Gasteiger partial charge in [0.15, 0.2) is 5.82 Å². The zero-order chi connectivity index (χ0) is 13.0. The lowest BCUT2D eigenvalue weighted by Gasteiger charge is -2.12. The second-order valence-electron chi connectivity index (χ2n) is 3.81. The quantitative estimate of drug-likeness (QED) is 0.787. The maximum absolute atomic E-state index is 13.1. The Kier molecular flexibility index (Phi) is 4.25. The van der Waals surface area contributed by atoms with E-state index in [0.717, 1.165) is 6.07 Å². The minimum absolute atomic E-state index is 0.0760. The monoisotopic (exact) mass is 243 g/mol. The Morgan fingerprint density at radius 1 is 1.41 bits per heavy atom. The van der Waals surface area contributed by atoms with Crippen molar-refractivity contribution in [2.75, 3.05) is 31.7 Å². The highest BCUT2D eigenvalue weighted by atomic mass is 19.1. The molecule has 0 radical (unpaired) electrons. The molecule has 0 spiro atoms. The molecule has 0 heterocycles. The minimum atomic E-state index is -0.813. The normalized spacial score (nSPS) is 10.1. The van der Waals surface area contributed by atoms with Crippen molar-refractivity contribution in [1.82, 2.24) is 4.90 Å². The third-order valence-corrected chi connectivity index (χ3v) is 2.25. The average molecular weight is 243 g/mol. The summed E-state index contributed by atoms with van der Waals surface area (Å²) in [6.45, 7) is 0.268. The van der Waals surface area contributed by atoms with E-state index in [1.165, 1.54) is 4.90 Å². The van der Waals surface area contributed by atoms with E-state index in [4.69, 9.17) is 5.73 Å². The van der Waals surface area contributed by atoms with Crippen molar-refractivity contribution in [3.8, 4) is 0 Å². The summed E-state index contributed by atoms with van der Waals surface area (Å²) < 4.78 is 26.0. The van der Waals surface area contributed by atoms with Crippen LogP contribution in [0, 0.1) is 11.6 Å². The molecule has 94 valence electrons. The number of amides is 1. The molecule has 0 atom stereocenters. The fourth-order valence-corrected chi connectivity index (χ4v) is 1.26. The topological polar surface area (TPSA) is 58.4 Å². The summed E-state index contributed by atoms with van der Waals surface area (Å²) in [6.07, 6.45) is 0.227. The number of benzene rings is 1. The van der Waals surface area contributed by atoms with Gasteiger partial charge >= 0.3 is 0 Å². The van der Waals surface area contributed by atoms with Gasteiger partial charge in [-0.1, -0.05) is 0 Å². The number of nitrogens with one attached hydrogen (secondary N) is 1. The molecule has 0 aliphatic carbocycles. The van der Waals surface area contributed by atoms with Crippen LogP contribution in [0.1, 0.15) is 6.42 Å². The zero-order valence-corrected chi connectivity index (χ0v) is 9.76. The Bertz CT molecular complexity index is 421. The fraction of sp³-hybridized carbons (Fsp3) is 0.364. The molecular weight excluding hydrogens is 228 g/mol. The molecule has 3 N–H and O–H groups in total. The molecule has 0 aromatic heterocycles. The van der Waals surface area contributed by atoms with Crippen molar-refractivity contribution in [1.29, 1.82) is 0 Å². The van der Waals surface area contributed by atoms with E-state index in [1.807, 2.05) is 0 Å². The second kappa shape index (κ2) is 5.47. The molecule has 17 heavy (non-hydrogen) atoms. The van der Waals surface area contributed by atoms with Crippen molar-refractivity contribution < 1.29 is 13.6 Å². The molecule has 0 saturated carbocycles. The average Bonchev–Trinajstić information content (AvgIpc) is 2.24. The van der Waals surface area contributed by atoms with Crippen molar-refractivity contribution >= 4 is 17.3 Å². The number of nitrogen functional groups attached to an aromatic ring is 1. The Labute approximate surface area is 98.4 Å². The van der Waals surface area contributed by atoms with Crippen molar-refractivity contribution in [3.05, 3.63) is 23.8 Å². The Morgan fingerprint density at radius 2 is 2.06 bits per heavy atom. The van der Waals surface area contributed by atoms with Gasteiger partial charge in [-0.25, -0.2) is 8.78 Å². The highest BCUT2D eigenvalue weighted by Gasteiger charge is 2.09. The van der Waals surface area contributed by atoms with Gasteiger partial charge in [-0.05, 0) is 6.07 Å². The van der Waals surface area contributed by atoms with Gasteiger partial charge in [-0.2, -0.15) is 0 Å². The summed E-state index contributed by atoms with van der Waals surface area (Å²) in [4.78, 5) is 12.7. The molecule has 1 aromatic carbocycles. The van der Waals surface area contributed by atoms with Gasteiger partial charge in [0.05, 0.1) is 11.4 Å². The molecule has 0 aliphatic heterocycles. The SMILES string of the molecule is CN(C)C(=O)CCNc1cc(F)cc(F)c1N. The molecule has 1 amide bonds. The van der Waals surface area contributed by atoms with Crippen LogP contribution in [0.2, 0.25) is 0 Å². The predicted octanol–water partition coefficient (Wildman–Crippen LogP) is 1.44. The van der Waals surface area contributed by atoms with Gasteiger partial charge < -0.3 is 16.0 Å². The van der Waals surface area contributed by atoms with E-state index in [-0.39, 0.29) is 30.2 Å². The predicted molar refractivity (Wildman–Crippen MR) is 62.6 cm³/mol. The van der Waals surface area contributed by atoms with Crippen LogP contribution in [-0.4, -0.2) is 31.4 Å². The minimum Gasteiger partial charge on any atom is -0.395 e. The van der Waals surface area contributed by atoms with E-state index in [0.29, 0.717) is 6.07 Å². The Hall–Kier alpha value is -1.85. The maximum atomic E-state index is 13.1. The number of halogens is 2. The molecule has 6 heteroatoms. The number of carbonyl (C=O) groups is 1. The standard InChI is InChI=1S/C11H15F2N3O/c1-16(2)10(17)3-4-15-9-6-7(12)5-8(13)11(9)14/h5-6,15H,3-4,14H2,1-2H3. The number of nitrogens with zero attached hydrogens (tertiary/aromatic N) is 1. The van der Waals surface area contributed by atoms with Crippen LogP contribution in [0.3, 0.4) is 0 Å². The van der Waals surface area contributed by atoms with Gasteiger partial charge in [-0.15, -0.1) is 0 Å². The molecule has 1 aromatic rings. The number of hydrogen-bond acceptors (Lipinski definition) is 3. The molecular formula is C11H15F2N3O. The van der Waals surface area contributed by atoms with Gasteiger partial charge in [0.25, 0.3) is 0 Å². The van der Waals surface area contributed by atoms with Crippen LogP contribution < -0.4 is 11.1 Å². The maximum Gasteiger partial charge on any atom is 0.223 e. The number of rotatable bonds is 4. The number of anilines is 2. The molecule has 4 nitrogen and oxygen atoms in total. The van der Waals surface area contributed by atoms with Crippen molar-refractivity contribution in [2.24, 2.45) is 0 Å². The molecule has 0 aliphatic rings. The van der Waals surface area contributed by atoms with Crippen LogP contribution in [0.25, 0.3) is 0 Å². The number of nitrogens with two attached hydrogens (primary N) is 1. The Morgan fingerprint density at radius 3 is 2.65 bits per heavy atom. The molecule has 0 unspecified atom stereocenters. The van der Waals surface area contributed by atoms with Crippen LogP contribution in [0.5, 0.6) is 0 Å². The van der Waals surface area contributed by atoms with Gasteiger partial charge in [0.2, 0.25) is 5.91 Å². The van der Waals surface area contributed by atoms with Crippen LogP contribution in [-0.2, 0) is 4.79 Å². The summed E-state index contributed by atoms with van der Waals surface area (Å²) >= 11 is 0. The summed E-state index contributed by atoms with van der Waals surface area (Å²) in [5.41, 5.74) is 5.44. The first-order chi connectivity index (χ1) is 7.91. The third-order valence-electron chi connectivity index (χ3n) is 2.25. The lowest BCUT2D eigenvalue weighted by molar-refractivity contribution is -0.128. The van der Waals surface area contributed by atoms with E-state index in [9.17, 15) is 13.6 Å². The highest BCUT2D eigenvalue weighted by molar-refractivity contribution is 5.76. The van der Waals surface area contributed by atoms with E-state index in [2.05, 4.69) is 5.32 Å². The van der Waals surface area contributed by atoms with E-state index >= 15 is 0 Å². The van der Waals surface area contributed by atoms with Gasteiger partial charge in [-0.3, -0.25) is 4.79 Å². The lowest BCUT2D eigenvalue weighted by atomic mass is 10.2. The zero-order valence-electron chi connectivity index (χ0n) is 9.76. The second-order valence-corrected chi connectivity index (χ2v) is 3.81. The summed E-state index contributed by atoms with van der Waals surface area (Å²) in [6, 6.07) is 1.81. The van der Waals surface area contributed by atoms with Crippen LogP contribution >= 0.6 is 0 Å². The van der Waals surface area contributed by atoms with Crippen molar-refractivity contribution in [3.63, 3.8) is 0 Å². The first-order valence-electron chi connectivity index (χ1n) is 5.10. The van der Waals surface area contributed by atoms with Gasteiger partial charge in [0, 0.05) is 33.1 Å². The van der Waals surface area contributed by atoms with Crippen LogP contribution in [0.15, 0.2) is 12.1 Å². The first-order valence-corrected chi connectivity index (χ1v) is 5.10. The smallest absolute Gasteiger partial charge is 0.223 e. The lowest BCUT2D eigenvalue weighted by Crippen LogP contribution is -2.24. The molecule has 1 rings (SSSR count). The summed E-state index contributed by atoms with van der Waals surface area (Å²) in [5, 5.41) is 2.73. The largest absolute Gasteiger partial charge is 0.395 e. The Balaban J connectivity index is 2.61. The summed E-state index contributed by atoms with van der Waals surface area (Å²) in [5.74, 6) is -1.60. The number of hydrogen-bond donors (Lipinski definition) is 2. The fourth-order valence-electron chi connectivity index (χ4n) is 1.26. The highest BCUT2D eigenvalue weighted by Crippen LogP contribution is 2.23. The molecule has 0 saturated heterocycles. The third kappa shape index (κ3) is 3.58. The summed E-state index contributed by atoms with van der Waals surface area (Å²) in [7, 11) is 3.27. The van der Waals surface area contributed by atoms with Gasteiger partial charge in [0.1, 0.15) is 5.82 Å². The van der Waals surface area contributed by atoms with Crippen LogP contribution in [0.4, 0.5) is 20.2 Å². The molecule has 0 bridgehead atoms. The molecule has 0 fully saturated rings. The number of carbonyl (C=O) groups excluding carboxylic acids is 1. The van der Waals surface area contributed by atoms with E-state index < -0.39 is 11.6 Å².